The average Bonchev–Trinajstić information content (AvgIpc) is 2.50. The molecule has 7 nitrogen and oxygen atoms in total. The van der Waals surface area contributed by atoms with Crippen LogP contribution in [0.5, 0.6) is 0 Å². The highest BCUT2D eigenvalue weighted by Gasteiger charge is 2.27. The van der Waals surface area contributed by atoms with E-state index < -0.39 is 23.7 Å². The van der Waals surface area contributed by atoms with Gasteiger partial charge in [0.1, 0.15) is 11.5 Å². The molecule has 1 aromatic carbocycles. The van der Waals surface area contributed by atoms with Crippen molar-refractivity contribution in [1.82, 2.24) is 10.3 Å². The van der Waals surface area contributed by atoms with E-state index in [-0.39, 0.29) is 35.0 Å². The van der Waals surface area contributed by atoms with Gasteiger partial charge in [0.05, 0.1) is 5.02 Å². The molecule has 0 spiro atoms. The van der Waals surface area contributed by atoms with Gasteiger partial charge in [-0.2, -0.15) is 5.10 Å². The van der Waals surface area contributed by atoms with Crippen LogP contribution in [0.2, 0.25) is 5.02 Å². The third kappa shape index (κ3) is 3.84. The second-order valence-electron chi connectivity index (χ2n) is 4.88. The van der Waals surface area contributed by atoms with Crippen LogP contribution in [0.4, 0.5) is 4.39 Å². The van der Waals surface area contributed by atoms with Crippen molar-refractivity contribution >= 4 is 35.1 Å². The lowest BCUT2D eigenvalue weighted by Gasteiger charge is -2.21. The van der Waals surface area contributed by atoms with Crippen molar-refractivity contribution < 1.29 is 23.9 Å². The summed E-state index contributed by atoms with van der Waals surface area (Å²) >= 11 is 5.56. The number of amides is 2. The predicted octanol–water partition coefficient (Wildman–Crippen LogP) is 1.33. The first kappa shape index (κ1) is 16.9. The fourth-order valence-corrected chi connectivity index (χ4v) is 2.14. The third-order valence-electron chi connectivity index (χ3n) is 3.27. The number of carbonyl (C=O) groups excluding carboxylic acids is 2. The van der Waals surface area contributed by atoms with E-state index in [1.165, 1.54) is 19.2 Å². The lowest BCUT2D eigenvalue weighted by molar-refractivity contribution is -0.141. The second-order valence-corrected chi connectivity index (χ2v) is 5.29. The van der Waals surface area contributed by atoms with Gasteiger partial charge in [-0.25, -0.2) is 14.2 Å². The number of rotatable bonds is 4. The number of nitrogens with zero attached hydrogens (tertiary/aromatic N) is 2. The summed E-state index contributed by atoms with van der Waals surface area (Å²) in [5, 5.41) is 16.2. The molecule has 1 unspecified atom stereocenters. The lowest BCUT2D eigenvalue weighted by atomic mass is 10.1. The van der Waals surface area contributed by atoms with E-state index in [0.29, 0.717) is 0 Å². The molecule has 0 radical (unpaired) electrons. The number of halogens is 2. The number of hydrogen-bond donors (Lipinski definition) is 2. The van der Waals surface area contributed by atoms with Crippen LogP contribution in [0.25, 0.3) is 0 Å². The Balaban J connectivity index is 2.21. The smallest absolute Gasteiger partial charge is 0.330 e. The van der Waals surface area contributed by atoms with Crippen molar-refractivity contribution in [1.29, 1.82) is 0 Å². The van der Waals surface area contributed by atoms with Gasteiger partial charge < -0.3 is 10.4 Å². The number of nitrogens with one attached hydrogen (secondary N) is 1. The van der Waals surface area contributed by atoms with Crippen LogP contribution in [0.1, 0.15) is 24.4 Å². The van der Waals surface area contributed by atoms with E-state index in [1.54, 1.807) is 0 Å². The number of hydrazone groups is 1. The minimum Gasteiger partial charge on any atom is -0.479 e. The number of benzene rings is 1. The SMILES string of the molecule is CN1N=C(C(=O)NC(C(=O)O)c2ccc(Cl)c(F)c2)CCC1=O. The summed E-state index contributed by atoms with van der Waals surface area (Å²) in [7, 11) is 1.40. The summed E-state index contributed by atoms with van der Waals surface area (Å²) in [6.45, 7) is 0. The highest BCUT2D eigenvalue weighted by molar-refractivity contribution is 6.39. The Kier molecular flexibility index (Phi) is 4.95. The van der Waals surface area contributed by atoms with Crippen LogP contribution < -0.4 is 5.32 Å². The van der Waals surface area contributed by atoms with Crippen LogP contribution in [-0.4, -0.2) is 40.7 Å². The van der Waals surface area contributed by atoms with E-state index in [9.17, 15) is 23.9 Å². The van der Waals surface area contributed by atoms with Gasteiger partial charge in [0.15, 0.2) is 6.04 Å². The molecule has 0 aromatic heterocycles. The summed E-state index contributed by atoms with van der Waals surface area (Å²) in [4.78, 5) is 34.8. The van der Waals surface area contributed by atoms with Crippen molar-refractivity contribution in [2.75, 3.05) is 7.05 Å². The Morgan fingerprint density at radius 3 is 2.70 bits per heavy atom. The first-order valence-electron chi connectivity index (χ1n) is 6.62. The maximum atomic E-state index is 13.5. The summed E-state index contributed by atoms with van der Waals surface area (Å²) in [6, 6.07) is 2.00. The second kappa shape index (κ2) is 6.74. The predicted molar refractivity (Wildman–Crippen MR) is 79.4 cm³/mol. The van der Waals surface area contributed by atoms with Crippen LogP contribution in [0.3, 0.4) is 0 Å². The van der Waals surface area contributed by atoms with Crippen molar-refractivity contribution in [2.45, 2.75) is 18.9 Å². The maximum absolute atomic E-state index is 13.5. The van der Waals surface area contributed by atoms with Crippen LogP contribution >= 0.6 is 11.6 Å². The molecule has 9 heteroatoms. The highest BCUT2D eigenvalue weighted by atomic mass is 35.5. The molecular weight excluding hydrogens is 329 g/mol. The van der Waals surface area contributed by atoms with Crippen LogP contribution in [0.15, 0.2) is 23.3 Å². The Labute approximate surface area is 135 Å². The molecule has 0 saturated carbocycles. The van der Waals surface area contributed by atoms with Gasteiger partial charge in [0.25, 0.3) is 5.91 Å². The monoisotopic (exact) mass is 341 g/mol. The Morgan fingerprint density at radius 1 is 1.43 bits per heavy atom. The molecule has 1 aromatic rings. The van der Waals surface area contributed by atoms with E-state index in [2.05, 4.69) is 10.4 Å². The van der Waals surface area contributed by atoms with Gasteiger partial charge in [-0.15, -0.1) is 0 Å². The van der Waals surface area contributed by atoms with Crippen molar-refractivity contribution in [2.24, 2.45) is 5.10 Å². The average molecular weight is 342 g/mol. The number of carboxylic acids is 1. The fraction of sp³-hybridized carbons (Fsp3) is 0.286. The molecule has 2 amide bonds. The molecule has 23 heavy (non-hydrogen) atoms. The molecule has 1 aliphatic heterocycles. The molecular formula is C14H13ClFN3O4. The zero-order chi connectivity index (χ0) is 17.1. The molecule has 1 atom stereocenters. The van der Waals surface area contributed by atoms with Gasteiger partial charge in [0, 0.05) is 19.9 Å². The third-order valence-corrected chi connectivity index (χ3v) is 3.58. The molecule has 122 valence electrons. The van der Waals surface area contributed by atoms with Gasteiger partial charge in [-0.3, -0.25) is 9.59 Å². The molecule has 1 aliphatic rings. The molecule has 0 fully saturated rings. The lowest BCUT2D eigenvalue weighted by Crippen LogP contribution is -2.41. The molecule has 2 rings (SSSR count). The van der Waals surface area contributed by atoms with Gasteiger partial charge >= 0.3 is 5.97 Å². The van der Waals surface area contributed by atoms with Crippen molar-refractivity contribution in [3.05, 3.63) is 34.6 Å². The Morgan fingerprint density at radius 2 is 2.13 bits per heavy atom. The highest BCUT2D eigenvalue weighted by Crippen LogP contribution is 2.21. The minimum absolute atomic E-state index is 0.0350. The fourth-order valence-electron chi connectivity index (χ4n) is 2.03. The molecule has 0 bridgehead atoms. The van der Waals surface area contributed by atoms with E-state index >= 15 is 0 Å². The summed E-state index contributed by atoms with van der Waals surface area (Å²) in [6.07, 6.45) is 0.215. The van der Waals surface area contributed by atoms with E-state index in [4.69, 9.17) is 11.6 Å². The van der Waals surface area contributed by atoms with E-state index in [0.717, 1.165) is 11.1 Å². The number of carbonyl (C=O) groups is 3. The zero-order valence-electron chi connectivity index (χ0n) is 12.0. The molecule has 0 aliphatic carbocycles. The largest absolute Gasteiger partial charge is 0.479 e. The van der Waals surface area contributed by atoms with Gasteiger partial charge in [0.2, 0.25) is 5.91 Å². The number of hydrogen-bond acceptors (Lipinski definition) is 4. The molecule has 0 saturated heterocycles. The standard InChI is InChI=1S/C14H13ClFN3O4/c1-19-11(20)5-4-10(18-19)13(21)17-12(14(22)23)7-2-3-8(15)9(16)6-7/h2-3,6,12H,4-5H2,1H3,(H,17,21)(H,22,23). The zero-order valence-corrected chi connectivity index (χ0v) is 12.8. The minimum atomic E-state index is -1.46. The Hall–Kier alpha value is -2.48. The summed E-state index contributed by atoms with van der Waals surface area (Å²) < 4.78 is 13.5. The van der Waals surface area contributed by atoms with E-state index in [1.807, 2.05) is 0 Å². The van der Waals surface area contributed by atoms with Gasteiger partial charge in [-0.1, -0.05) is 17.7 Å². The first-order chi connectivity index (χ1) is 10.8. The maximum Gasteiger partial charge on any atom is 0.330 e. The Bertz CT molecular complexity index is 707. The van der Waals surface area contributed by atoms with Crippen molar-refractivity contribution in [3.8, 4) is 0 Å². The van der Waals surface area contributed by atoms with Crippen LogP contribution in [0, 0.1) is 5.82 Å². The topological polar surface area (TPSA) is 99.1 Å². The first-order valence-corrected chi connectivity index (χ1v) is 7.00. The van der Waals surface area contributed by atoms with Crippen molar-refractivity contribution in [3.63, 3.8) is 0 Å². The summed E-state index contributed by atoms with van der Waals surface area (Å²) in [5.41, 5.74) is 0.0707. The number of aliphatic carboxylic acids is 1. The summed E-state index contributed by atoms with van der Waals surface area (Å²) in [5.74, 6) is -3.12. The quantitative estimate of drug-likeness (QED) is 0.863. The normalized spacial score (nSPS) is 15.9. The van der Waals surface area contributed by atoms with Crippen LogP contribution in [-0.2, 0) is 14.4 Å². The number of carboxylic acid groups (broad SMARTS) is 1. The molecule has 2 N–H and O–H groups in total. The van der Waals surface area contributed by atoms with Gasteiger partial charge in [-0.05, 0) is 17.7 Å². The molecule has 1 heterocycles.